The standard InChI is InChI=1S/C12H19BN4O2/c1-11(2)12(3,4)19-13(18-11)8-5-6-9(14)10(7-8)16-17-15/h5-7H,14H2,1-4H3,(H2,15,16). The van der Waals surface area contributed by atoms with Crippen molar-refractivity contribution in [2.45, 2.75) is 38.9 Å². The van der Waals surface area contributed by atoms with Crippen molar-refractivity contribution in [1.29, 1.82) is 0 Å². The molecular weight excluding hydrogens is 243 g/mol. The number of hydrogen-bond donors (Lipinski definition) is 2. The van der Waals surface area contributed by atoms with Gasteiger partial charge in [0.15, 0.2) is 0 Å². The molecule has 1 aliphatic rings. The minimum Gasteiger partial charge on any atom is -0.399 e. The van der Waals surface area contributed by atoms with Gasteiger partial charge in [0.25, 0.3) is 0 Å². The van der Waals surface area contributed by atoms with Crippen LogP contribution in [0.4, 0.5) is 11.4 Å². The van der Waals surface area contributed by atoms with Gasteiger partial charge in [-0.1, -0.05) is 11.3 Å². The van der Waals surface area contributed by atoms with Gasteiger partial charge in [-0.05, 0) is 45.3 Å². The molecule has 0 aromatic heterocycles. The molecule has 2 rings (SSSR count). The highest BCUT2D eigenvalue weighted by Gasteiger charge is 2.51. The van der Waals surface area contributed by atoms with Crippen LogP contribution in [0.15, 0.2) is 28.5 Å². The van der Waals surface area contributed by atoms with Gasteiger partial charge in [-0.15, -0.1) is 5.11 Å². The zero-order valence-electron chi connectivity index (χ0n) is 11.7. The maximum Gasteiger partial charge on any atom is 0.494 e. The van der Waals surface area contributed by atoms with Crippen LogP contribution in [0.5, 0.6) is 0 Å². The van der Waals surface area contributed by atoms with Crippen molar-refractivity contribution < 1.29 is 9.31 Å². The van der Waals surface area contributed by atoms with Gasteiger partial charge in [-0.2, -0.15) is 0 Å². The van der Waals surface area contributed by atoms with E-state index in [-0.39, 0.29) is 11.2 Å². The van der Waals surface area contributed by atoms with E-state index in [4.69, 9.17) is 20.9 Å². The summed E-state index contributed by atoms with van der Waals surface area (Å²) in [6.45, 7) is 8.02. The van der Waals surface area contributed by atoms with Crippen LogP contribution >= 0.6 is 0 Å². The third-order valence-electron chi connectivity index (χ3n) is 3.75. The largest absolute Gasteiger partial charge is 0.494 e. The fourth-order valence-corrected chi connectivity index (χ4v) is 1.84. The second-order valence-electron chi connectivity index (χ2n) is 5.62. The first-order chi connectivity index (χ1) is 8.77. The molecule has 6 nitrogen and oxygen atoms in total. The Hall–Kier alpha value is -1.60. The fourth-order valence-electron chi connectivity index (χ4n) is 1.84. The monoisotopic (exact) mass is 262 g/mol. The molecule has 7 heteroatoms. The van der Waals surface area contributed by atoms with Crippen LogP contribution in [0.25, 0.3) is 0 Å². The smallest absolute Gasteiger partial charge is 0.399 e. The molecule has 4 N–H and O–H groups in total. The maximum absolute atomic E-state index is 5.96. The zero-order valence-corrected chi connectivity index (χ0v) is 11.7. The van der Waals surface area contributed by atoms with Crippen LogP contribution in [0.2, 0.25) is 0 Å². The molecule has 1 saturated heterocycles. The quantitative estimate of drug-likeness (QED) is 0.278. The minimum absolute atomic E-state index is 0.380. The summed E-state index contributed by atoms with van der Waals surface area (Å²) < 4.78 is 11.9. The van der Waals surface area contributed by atoms with Gasteiger partial charge in [-0.25, -0.2) is 0 Å². The van der Waals surface area contributed by atoms with Gasteiger partial charge < -0.3 is 20.9 Å². The number of nitrogens with two attached hydrogens (primary N) is 2. The van der Waals surface area contributed by atoms with E-state index >= 15 is 0 Å². The van der Waals surface area contributed by atoms with Gasteiger partial charge in [0.05, 0.1) is 16.9 Å². The molecule has 0 saturated carbocycles. The van der Waals surface area contributed by atoms with Crippen molar-refractivity contribution in [3.63, 3.8) is 0 Å². The predicted molar refractivity (Wildman–Crippen MR) is 75.3 cm³/mol. The highest BCUT2D eigenvalue weighted by molar-refractivity contribution is 6.62. The topological polar surface area (TPSA) is 95.2 Å². The molecule has 102 valence electrons. The van der Waals surface area contributed by atoms with Gasteiger partial charge in [-0.3, -0.25) is 0 Å². The first-order valence-electron chi connectivity index (χ1n) is 6.13. The van der Waals surface area contributed by atoms with Crippen molar-refractivity contribution >= 4 is 24.0 Å². The lowest BCUT2D eigenvalue weighted by atomic mass is 9.79. The lowest BCUT2D eigenvalue weighted by molar-refractivity contribution is 0.00578. The van der Waals surface area contributed by atoms with E-state index in [0.717, 1.165) is 5.46 Å². The summed E-state index contributed by atoms with van der Waals surface area (Å²) in [7, 11) is -0.447. The number of anilines is 1. The van der Waals surface area contributed by atoms with E-state index < -0.39 is 7.12 Å². The Kier molecular flexibility index (Phi) is 3.28. The lowest BCUT2D eigenvalue weighted by Crippen LogP contribution is -2.41. The molecule has 1 heterocycles. The SMILES string of the molecule is CC1(C)OB(c2ccc(N)c(N=NN)c2)OC1(C)C. The van der Waals surface area contributed by atoms with E-state index in [1.165, 1.54) is 0 Å². The number of hydrogen-bond acceptors (Lipinski definition) is 5. The van der Waals surface area contributed by atoms with E-state index in [1.807, 2.05) is 33.8 Å². The van der Waals surface area contributed by atoms with Crippen molar-refractivity contribution in [2.75, 3.05) is 5.73 Å². The van der Waals surface area contributed by atoms with Crippen LogP contribution in [-0.4, -0.2) is 18.3 Å². The molecule has 1 aromatic rings. The third-order valence-corrected chi connectivity index (χ3v) is 3.75. The fraction of sp³-hybridized carbons (Fsp3) is 0.500. The Morgan fingerprint density at radius 3 is 2.21 bits per heavy atom. The summed E-state index contributed by atoms with van der Waals surface area (Å²) >= 11 is 0. The van der Waals surface area contributed by atoms with Crippen LogP contribution in [0.1, 0.15) is 27.7 Å². The molecule has 1 aromatic carbocycles. The van der Waals surface area contributed by atoms with E-state index in [2.05, 4.69) is 10.3 Å². The first-order valence-corrected chi connectivity index (χ1v) is 6.13. The van der Waals surface area contributed by atoms with Gasteiger partial charge in [0.2, 0.25) is 0 Å². The predicted octanol–water partition coefficient (Wildman–Crippen LogP) is 1.53. The molecule has 1 aliphatic heterocycles. The summed E-state index contributed by atoms with van der Waals surface area (Å²) in [5.74, 6) is 5.06. The summed E-state index contributed by atoms with van der Waals surface area (Å²) in [4.78, 5) is 0. The molecule has 0 amide bonds. The van der Waals surface area contributed by atoms with Gasteiger partial charge in [0, 0.05) is 0 Å². The van der Waals surface area contributed by atoms with Gasteiger partial charge in [0.1, 0.15) is 5.69 Å². The Morgan fingerprint density at radius 2 is 1.68 bits per heavy atom. The Balaban J connectivity index is 2.32. The van der Waals surface area contributed by atoms with E-state index in [9.17, 15) is 0 Å². The average molecular weight is 262 g/mol. The zero-order chi connectivity index (χ0) is 14.3. The molecule has 0 unspecified atom stereocenters. The molecule has 0 atom stereocenters. The molecule has 0 spiro atoms. The third kappa shape index (κ3) is 2.43. The number of rotatable bonds is 2. The number of nitrogen functional groups attached to an aromatic ring is 1. The van der Waals surface area contributed by atoms with Gasteiger partial charge >= 0.3 is 7.12 Å². The normalized spacial score (nSPS) is 21.2. The van der Waals surface area contributed by atoms with E-state index in [0.29, 0.717) is 11.4 Å². The summed E-state index contributed by atoms with van der Waals surface area (Å²) in [5, 5.41) is 7.03. The maximum atomic E-state index is 5.96. The number of nitrogens with zero attached hydrogens (tertiary/aromatic N) is 2. The summed E-state index contributed by atoms with van der Waals surface area (Å²) in [6.07, 6.45) is 0. The lowest BCUT2D eigenvalue weighted by Gasteiger charge is -2.32. The summed E-state index contributed by atoms with van der Waals surface area (Å²) in [5.41, 5.74) is 6.89. The highest BCUT2D eigenvalue weighted by atomic mass is 16.7. The molecule has 0 radical (unpaired) electrons. The Morgan fingerprint density at radius 1 is 1.11 bits per heavy atom. The minimum atomic E-state index is -0.447. The number of benzene rings is 1. The van der Waals surface area contributed by atoms with Crippen LogP contribution in [0.3, 0.4) is 0 Å². The van der Waals surface area contributed by atoms with E-state index in [1.54, 1.807) is 12.1 Å². The summed E-state index contributed by atoms with van der Waals surface area (Å²) in [6, 6.07) is 5.37. The second kappa shape index (κ2) is 4.50. The molecule has 1 fully saturated rings. The average Bonchev–Trinajstić information content (AvgIpc) is 2.51. The van der Waals surface area contributed by atoms with Crippen molar-refractivity contribution in [3.8, 4) is 0 Å². The van der Waals surface area contributed by atoms with Crippen molar-refractivity contribution in [1.82, 2.24) is 0 Å². The molecule has 0 aliphatic carbocycles. The second-order valence-corrected chi connectivity index (χ2v) is 5.62. The first kappa shape index (κ1) is 13.8. The van der Waals surface area contributed by atoms with Crippen LogP contribution in [0, 0.1) is 0 Å². The molecule has 19 heavy (non-hydrogen) atoms. The highest BCUT2D eigenvalue weighted by Crippen LogP contribution is 2.36. The Labute approximate surface area is 113 Å². The molecular formula is C12H19BN4O2. The van der Waals surface area contributed by atoms with Crippen LogP contribution in [-0.2, 0) is 9.31 Å². The van der Waals surface area contributed by atoms with Crippen LogP contribution < -0.4 is 17.0 Å². The molecule has 0 bridgehead atoms. The van der Waals surface area contributed by atoms with Crippen molar-refractivity contribution in [3.05, 3.63) is 18.2 Å². The Bertz CT molecular complexity index is 500. The van der Waals surface area contributed by atoms with Crippen molar-refractivity contribution in [2.24, 2.45) is 16.2 Å².